The van der Waals surface area contributed by atoms with Crippen molar-refractivity contribution >= 4 is 11.0 Å². The Morgan fingerprint density at radius 1 is 1.24 bits per heavy atom. The zero-order chi connectivity index (χ0) is 14.8. The molecule has 0 aliphatic rings. The van der Waals surface area contributed by atoms with Gasteiger partial charge in [0.05, 0.1) is 5.56 Å². The monoisotopic (exact) mass is 278 g/mol. The van der Waals surface area contributed by atoms with Crippen LogP contribution in [0.15, 0.2) is 51.8 Å². The van der Waals surface area contributed by atoms with Gasteiger partial charge in [-0.25, -0.2) is 9.78 Å². The van der Waals surface area contributed by atoms with Gasteiger partial charge in [0.15, 0.2) is 0 Å². The number of nitriles is 1. The lowest BCUT2D eigenvalue weighted by molar-refractivity contribution is 0.461. The van der Waals surface area contributed by atoms with Crippen molar-refractivity contribution in [2.45, 2.75) is 6.92 Å². The molecule has 0 unspecified atom stereocenters. The fourth-order valence-electron chi connectivity index (χ4n) is 2.00. The molecular formula is C16H10N2O3. The van der Waals surface area contributed by atoms with Crippen molar-refractivity contribution in [2.75, 3.05) is 0 Å². The summed E-state index contributed by atoms with van der Waals surface area (Å²) < 4.78 is 10.7. The van der Waals surface area contributed by atoms with Crippen LogP contribution in [0.2, 0.25) is 0 Å². The van der Waals surface area contributed by atoms with Crippen molar-refractivity contribution in [3.05, 3.63) is 64.1 Å². The van der Waals surface area contributed by atoms with Crippen LogP contribution >= 0.6 is 0 Å². The molecular weight excluding hydrogens is 268 g/mol. The third kappa shape index (κ3) is 2.60. The first-order valence-corrected chi connectivity index (χ1v) is 6.24. The van der Waals surface area contributed by atoms with Crippen LogP contribution in [0.25, 0.3) is 11.0 Å². The third-order valence-corrected chi connectivity index (χ3v) is 3.01. The van der Waals surface area contributed by atoms with E-state index < -0.39 is 5.63 Å². The number of hydrogen-bond acceptors (Lipinski definition) is 5. The minimum atomic E-state index is -0.395. The van der Waals surface area contributed by atoms with E-state index in [0.717, 1.165) is 10.9 Å². The van der Waals surface area contributed by atoms with Crippen LogP contribution in [0.4, 0.5) is 0 Å². The van der Waals surface area contributed by atoms with Gasteiger partial charge in [-0.05, 0) is 30.7 Å². The lowest BCUT2D eigenvalue weighted by atomic mass is 10.1. The lowest BCUT2D eigenvalue weighted by Crippen LogP contribution is -1.98. The summed E-state index contributed by atoms with van der Waals surface area (Å²) in [4.78, 5) is 15.4. The molecule has 2 aromatic heterocycles. The number of hydrogen-bond donors (Lipinski definition) is 0. The molecule has 0 aliphatic heterocycles. The van der Waals surface area contributed by atoms with Gasteiger partial charge in [-0.3, -0.25) is 0 Å². The number of rotatable bonds is 2. The molecule has 0 bridgehead atoms. The minimum Gasteiger partial charge on any atom is -0.439 e. The molecule has 0 N–H and O–H groups in total. The summed E-state index contributed by atoms with van der Waals surface area (Å²) in [5.74, 6) is 0.872. The van der Waals surface area contributed by atoms with Crippen LogP contribution in [-0.2, 0) is 0 Å². The van der Waals surface area contributed by atoms with Gasteiger partial charge in [0.1, 0.15) is 17.4 Å². The van der Waals surface area contributed by atoms with Crippen molar-refractivity contribution in [1.29, 1.82) is 5.26 Å². The fourth-order valence-corrected chi connectivity index (χ4v) is 2.00. The summed E-state index contributed by atoms with van der Waals surface area (Å²) in [7, 11) is 0. The molecule has 5 nitrogen and oxygen atoms in total. The number of fused-ring (bicyclic) bond motifs is 1. The van der Waals surface area contributed by atoms with Crippen LogP contribution < -0.4 is 10.4 Å². The number of aromatic nitrogens is 1. The summed E-state index contributed by atoms with van der Waals surface area (Å²) in [5.41, 5.74) is 1.38. The van der Waals surface area contributed by atoms with E-state index in [9.17, 15) is 4.79 Å². The first-order chi connectivity index (χ1) is 10.2. The highest BCUT2D eigenvalue weighted by Crippen LogP contribution is 2.25. The number of nitrogens with zero attached hydrogens (tertiary/aromatic N) is 2. The van der Waals surface area contributed by atoms with E-state index in [2.05, 4.69) is 4.98 Å². The Kier molecular flexibility index (Phi) is 3.13. The molecule has 0 amide bonds. The first-order valence-electron chi connectivity index (χ1n) is 6.24. The summed E-state index contributed by atoms with van der Waals surface area (Å²) >= 11 is 0. The molecule has 102 valence electrons. The standard InChI is InChI=1S/C16H10N2O3/c1-10-6-16(19)21-14-7-12(3-4-13(10)14)20-15-5-2-11(8-17)9-18-15/h2-7,9H,1H3. The Morgan fingerprint density at radius 3 is 2.81 bits per heavy atom. The van der Waals surface area contributed by atoms with Crippen molar-refractivity contribution in [3.8, 4) is 17.7 Å². The van der Waals surface area contributed by atoms with E-state index in [-0.39, 0.29) is 0 Å². The van der Waals surface area contributed by atoms with E-state index in [1.54, 1.807) is 24.3 Å². The maximum atomic E-state index is 11.4. The topological polar surface area (TPSA) is 76.1 Å². The van der Waals surface area contributed by atoms with E-state index in [0.29, 0.717) is 22.8 Å². The highest BCUT2D eigenvalue weighted by Gasteiger charge is 2.05. The average molecular weight is 278 g/mol. The molecule has 0 saturated heterocycles. The second-order valence-corrected chi connectivity index (χ2v) is 4.51. The Bertz CT molecular complexity index is 905. The van der Waals surface area contributed by atoms with Crippen molar-refractivity contribution < 1.29 is 9.15 Å². The molecule has 3 aromatic rings. The van der Waals surface area contributed by atoms with Crippen LogP contribution in [0.5, 0.6) is 11.6 Å². The fraction of sp³-hybridized carbons (Fsp3) is 0.0625. The van der Waals surface area contributed by atoms with Gasteiger partial charge in [-0.2, -0.15) is 5.26 Å². The van der Waals surface area contributed by atoms with E-state index in [1.807, 2.05) is 19.1 Å². The SMILES string of the molecule is Cc1cc(=O)oc2cc(Oc3ccc(C#N)cn3)ccc12. The quantitative estimate of drug-likeness (QED) is 0.673. The van der Waals surface area contributed by atoms with Crippen LogP contribution in [0, 0.1) is 18.3 Å². The van der Waals surface area contributed by atoms with Crippen LogP contribution in [0.1, 0.15) is 11.1 Å². The first kappa shape index (κ1) is 12.9. The molecule has 0 fully saturated rings. The zero-order valence-corrected chi connectivity index (χ0v) is 11.2. The largest absolute Gasteiger partial charge is 0.439 e. The molecule has 1 aromatic carbocycles. The molecule has 0 saturated carbocycles. The van der Waals surface area contributed by atoms with Crippen molar-refractivity contribution in [3.63, 3.8) is 0 Å². The summed E-state index contributed by atoms with van der Waals surface area (Å²) in [6.07, 6.45) is 1.43. The second-order valence-electron chi connectivity index (χ2n) is 4.51. The Hall–Kier alpha value is -3.13. The molecule has 0 radical (unpaired) electrons. The predicted molar refractivity (Wildman–Crippen MR) is 76.2 cm³/mol. The average Bonchev–Trinajstić information content (AvgIpc) is 2.47. The third-order valence-electron chi connectivity index (χ3n) is 3.01. The highest BCUT2D eigenvalue weighted by atomic mass is 16.5. The van der Waals surface area contributed by atoms with Gasteiger partial charge in [-0.1, -0.05) is 0 Å². The van der Waals surface area contributed by atoms with Gasteiger partial charge >= 0.3 is 5.63 Å². The molecule has 0 atom stereocenters. The maximum absolute atomic E-state index is 11.4. The minimum absolute atomic E-state index is 0.364. The Morgan fingerprint density at radius 2 is 2.10 bits per heavy atom. The number of ether oxygens (including phenoxy) is 1. The predicted octanol–water partition coefficient (Wildman–Crippen LogP) is 3.16. The number of aryl methyl sites for hydroxylation is 1. The Balaban J connectivity index is 1.97. The normalized spacial score (nSPS) is 10.3. The molecule has 21 heavy (non-hydrogen) atoms. The van der Waals surface area contributed by atoms with Gasteiger partial charge in [-0.15, -0.1) is 0 Å². The van der Waals surface area contributed by atoms with E-state index in [1.165, 1.54) is 12.3 Å². The smallest absolute Gasteiger partial charge is 0.336 e. The van der Waals surface area contributed by atoms with Gasteiger partial charge in [0, 0.05) is 29.8 Å². The maximum Gasteiger partial charge on any atom is 0.336 e. The van der Waals surface area contributed by atoms with Crippen LogP contribution in [0.3, 0.4) is 0 Å². The molecule has 3 rings (SSSR count). The number of benzene rings is 1. The summed E-state index contributed by atoms with van der Waals surface area (Å²) in [6.45, 7) is 1.85. The van der Waals surface area contributed by atoms with Gasteiger partial charge < -0.3 is 9.15 Å². The van der Waals surface area contributed by atoms with Crippen molar-refractivity contribution in [2.24, 2.45) is 0 Å². The number of pyridine rings is 1. The highest BCUT2D eigenvalue weighted by molar-refractivity contribution is 5.81. The van der Waals surface area contributed by atoms with Gasteiger partial charge in [0.2, 0.25) is 5.88 Å². The second kappa shape index (κ2) is 5.10. The van der Waals surface area contributed by atoms with Crippen molar-refractivity contribution in [1.82, 2.24) is 4.98 Å². The lowest BCUT2D eigenvalue weighted by Gasteiger charge is -2.06. The van der Waals surface area contributed by atoms with Gasteiger partial charge in [0.25, 0.3) is 0 Å². The summed E-state index contributed by atoms with van der Waals surface area (Å²) in [5, 5.41) is 9.57. The summed E-state index contributed by atoms with van der Waals surface area (Å²) in [6, 6.07) is 11.9. The van der Waals surface area contributed by atoms with E-state index in [4.69, 9.17) is 14.4 Å². The van der Waals surface area contributed by atoms with E-state index >= 15 is 0 Å². The van der Waals surface area contributed by atoms with Crippen LogP contribution in [-0.4, -0.2) is 4.98 Å². The Labute approximate surface area is 120 Å². The molecule has 5 heteroatoms. The molecule has 0 spiro atoms. The molecule has 0 aliphatic carbocycles. The zero-order valence-electron chi connectivity index (χ0n) is 11.2. The molecule has 2 heterocycles.